The van der Waals surface area contributed by atoms with Crippen molar-refractivity contribution in [1.82, 2.24) is 4.90 Å². The van der Waals surface area contributed by atoms with E-state index >= 15 is 0 Å². The zero-order valence-corrected chi connectivity index (χ0v) is 11.5. The van der Waals surface area contributed by atoms with Gasteiger partial charge in [0.15, 0.2) is 0 Å². The van der Waals surface area contributed by atoms with Crippen molar-refractivity contribution in [3.63, 3.8) is 0 Å². The van der Waals surface area contributed by atoms with Crippen LogP contribution in [-0.4, -0.2) is 33.6 Å². The molecule has 1 aromatic carbocycles. The molecule has 5 nitrogen and oxygen atoms in total. The van der Waals surface area contributed by atoms with Crippen LogP contribution in [-0.2, 0) is 6.54 Å². The average Bonchev–Trinajstić information content (AvgIpc) is 2.42. The molecule has 110 valence electrons. The fourth-order valence-electron chi connectivity index (χ4n) is 2.80. The SMILES string of the molecule is CC1CCCC(CO)N1Cc1ccc([N+](=O)[O-])cc1F. The molecule has 0 amide bonds. The van der Waals surface area contributed by atoms with E-state index in [1.807, 2.05) is 0 Å². The van der Waals surface area contributed by atoms with Gasteiger partial charge >= 0.3 is 0 Å². The second kappa shape index (κ2) is 6.28. The minimum atomic E-state index is -0.604. The predicted octanol–water partition coefficient (Wildman–Crippen LogP) is 2.47. The molecule has 1 N–H and O–H groups in total. The summed E-state index contributed by atoms with van der Waals surface area (Å²) in [7, 11) is 0. The number of nitro benzene ring substituents is 1. The molecule has 0 bridgehead atoms. The molecule has 1 aliphatic heterocycles. The van der Waals surface area contributed by atoms with Crippen LogP contribution < -0.4 is 0 Å². The molecule has 0 saturated carbocycles. The van der Waals surface area contributed by atoms with Crippen LogP contribution in [0.1, 0.15) is 31.7 Å². The molecule has 0 aromatic heterocycles. The normalized spacial score (nSPS) is 23.8. The Morgan fingerprint density at radius 2 is 2.25 bits per heavy atom. The van der Waals surface area contributed by atoms with E-state index in [1.54, 1.807) is 0 Å². The van der Waals surface area contributed by atoms with E-state index in [4.69, 9.17) is 0 Å². The van der Waals surface area contributed by atoms with Gasteiger partial charge in [-0.3, -0.25) is 15.0 Å². The first kappa shape index (κ1) is 14.9. The molecule has 0 radical (unpaired) electrons. The van der Waals surface area contributed by atoms with Crippen LogP contribution in [0.3, 0.4) is 0 Å². The molecule has 1 fully saturated rings. The van der Waals surface area contributed by atoms with Gasteiger partial charge in [-0.1, -0.05) is 6.42 Å². The van der Waals surface area contributed by atoms with Gasteiger partial charge in [0.05, 0.1) is 17.6 Å². The van der Waals surface area contributed by atoms with Crippen molar-refractivity contribution in [2.45, 2.75) is 44.8 Å². The van der Waals surface area contributed by atoms with Crippen LogP contribution in [0.15, 0.2) is 18.2 Å². The largest absolute Gasteiger partial charge is 0.395 e. The first-order chi connectivity index (χ1) is 9.52. The van der Waals surface area contributed by atoms with Crippen molar-refractivity contribution in [3.8, 4) is 0 Å². The first-order valence-corrected chi connectivity index (χ1v) is 6.82. The number of hydrogen-bond acceptors (Lipinski definition) is 4. The lowest BCUT2D eigenvalue weighted by atomic mass is 9.96. The topological polar surface area (TPSA) is 66.6 Å². The summed E-state index contributed by atoms with van der Waals surface area (Å²) in [6.45, 7) is 2.49. The number of aliphatic hydroxyl groups excluding tert-OH is 1. The lowest BCUT2D eigenvalue weighted by Gasteiger charge is -2.40. The Kier molecular flexibility index (Phi) is 4.67. The highest BCUT2D eigenvalue weighted by atomic mass is 19.1. The Bertz CT molecular complexity index is 495. The zero-order valence-electron chi connectivity index (χ0n) is 11.5. The van der Waals surface area contributed by atoms with Gasteiger partial charge in [0.2, 0.25) is 0 Å². The second-order valence-corrected chi connectivity index (χ2v) is 5.32. The van der Waals surface area contributed by atoms with Crippen molar-refractivity contribution in [3.05, 3.63) is 39.7 Å². The van der Waals surface area contributed by atoms with Crippen LogP contribution in [0.25, 0.3) is 0 Å². The summed E-state index contributed by atoms with van der Waals surface area (Å²) in [6.07, 6.45) is 2.98. The number of nitrogens with zero attached hydrogens (tertiary/aromatic N) is 2. The summed E-state index contributed by atoms with van der Waals surface area (Å²) in [4.78, 5) is 12.1. The smallest absolute Gasteiger partial charge is 0.272 e. The quantitative estimate of drug-likeness (QED) is 0.680. The molecule has 1 heterocycles. The van der Waals surface area contributed by atoms with E-state index in [0.717, 1.165) is 25.3 Å². The monoisotopic (exact) mass is 282 g/mol. The molecule has 2 atom stereocenters. The Morgan fingerprint density at radius 3 is 2.85 bits per heavy atom. The number of piperidine rings is 1. The summed E-state index contributed by atoms with van der Waals surface area (Å²) in [6, 6.07) is 4.05. The van der Waals surface area contributed by atoms with Gasteiger partial charge in [0.25, 0.3) is 5.69 Å². The van der Waals surface area contributed by atoms with Gasteiger partial charge < -0.3 is 5.11 Å². The molecular weight excluding hydrogens is 263 g/mol. The van der Waals surface area contributed by atoms with Crippen molar-refractivity contribution in [1.29, 1.82) is 0 Å². The van der Waals surface area contributed by atoms with E-state index in [2.05, 4.69) is 11.8 Å². The number of likely N-dealkylation sites (tertiary alicyclic amines) is 1. The number of halogens is 1. The van der Waals surface area contributed by atoms with E-state index in [1.165, 1.54) is 12.1 Å². The Hall–Kier alpha value is -1.53. The van der Waals surface area contributed by atoms with Gasteiger partial charge in [-0.2, -0.15) is 0 Å². The van der Waals surface area contributed by atoms with E-state index in [9.17, 15) is 19.6 Å². The number of aliphatic hydroxyl groups is 1. The van der Waals surface area contributed by atoms with Crippen molar-refractivity contribution >= 4 is 5.69 Å². The van der Waals surface area contributed by atoms with Gasteiger partial charge in [0.1, 0.15) is 5.82 Å². The van der Waals surface area contributed by atoms with Crippen LogP contribution >= 0.6 is 0 Å². The number of rotatable bonds is 4. The molecule has 2 unspecified atom stereocenters. The van der Waals surface area contributed by atoms with Crippen LogP contribution in [0.2, 0.25) is 0 Å². The fraction of sp³-hybridized carbons (Fsp3) is 0.571. The Labute approximate surface area is 117 Å². The average molecular weight is 282 g/mol. The molecular formula is C14H19FN2O3. The summed E-state index contributed by atoms with van der Waals surface area (Å²) >= 11 is 0. The molecule has 0 spiro atoms. The molecule has 1 aromatic rings. The summed E-state index contributed by atoms with van der Waals surface area (Å²) in [5.41, 5.74) is 0.194. The highest BCUT2D eigenvalue weighted by Gasteiger charge is 2.28. The third-order valence-electron chi connectivity index (χ3n) is 4.01. The molecule has 6 heteroatoms. The van der Waals surface area contributed by atoms with Gasteiger partial charge in [0, 0.05) is 30.3 Å². The maximum atomic E-state index is 13.9. The minimum Gasteiger partial charge on any atom is -0.395 e. The number of non-ortho nitro benzene ring substituents is 1. The molecule has 1 saturated heterocycles. The molecule has 0 aliphatic carbocycles. The standard InChI is InChI=1S/C14H19FN2O3/c1-10-3-2-4-13(9-18)16(10)8-11-5-6-12(17(19)20)7-14(11)15/h5-7,10,13,18H,2-4,8-9H2,1H3. The van der Waals surface area contributed by atoms with E-state index < -0.39 is 10.7 Å². The lowest BCUT2D eigenvalue weighted by molar-refractivity contribution is -0.385. The lowest BCUT2D eigenvalue weighted by Crippen LogP contribution is -2.46. The number of benzene rings is 1. The van der Waals surface area contributed by atoms with Crippen molar-refractivity contribution < 1.29 is 14.4 Å². The van der Waals surface area contributed by atoms with Crippen LogP contribution in [0, 0.1) is 15.9 Å². The third-order valence-corrected chi connectivity index (χ3v) is 4.01. The fourth-order valence-corrected chi connectivity index (χ4v) is 2.80. The summed E-state index contributed by atoms with van der Waals surface area (Å²) < 4.78 is 13.9. The van der Waals surface area contributed by atoms with Crippen LogP contribution in [0.4, 0.5) is 10.1 Å². The van der Waals surface area contributed by atoms with Crippen molar-refractivity contribution in [2.75, 3.05) is 6.61 Å². The highest BCUT2D eigenvalue weighted by Crippen LogP contribution is 2.26. The predicted molar refractivity (Wildman–Crippen MR) is 72.8 cm³/mol. The summed E-state index contributed by atoms with van der Waals surface area (Å²) in [5.74, 6) is -0.561. The summed E-state index contributed by atoms with van der Waals surface area (Å²) in [5, 5.41) is 20.0. The Balaban J connectivity index is 2.17. The highest BCUT2D eigenvalue weighted by molar-refractivity contribution is 5.34. The second-order valence-electron chi connectivity index (χ2n) is 5.32. The third kappa shape index (κ3) is 3.13. The van der Waals surface area contributed by atoms with Gasteiger partial charge in [-0.15, -0.1) is 0 Å². The maximum Gasteiger partial charge on any atom is 0.272 e. The molecule has 2 rings (SSSR count). The Morgan fingerprint density at radius 1 is 1.50 bits per heavy atom. The molecule has 1 aliphatic rings. The van der Waals surface area contributed by atoms with Crippen molar-refractivity contribution in [2.24, 2.45) is 0 Å². The first-order valence-electron chi connectivity index (χ1n) is 6.82. The zero-order chi connectivity index (χ0) is 14.7. The van der Waals surface area contributed by atoms with Crippen LogP contribution in [0.5, 0.6) is 0 Å². The van der Waals surface area contributed by atoms with E-state index in [-0.39, 0.29) is 24.4 Å². The van der Waals surface area contributed by atoms with Gasteiger partial charge in [-0.25, -0.2) is 4.39 Å². The molecule has 20 heavy (non-hydrogen) atoms. The number of nitro groups is 1. The number of hydrogen-bond donors (Lipinski definition) is 1. The maximum absolute atomic E-state index is 13.9. The minimum absolute atomic E-state index is 0.0355. The van der Waals surface area contributed by atoms with Gasteiger partial charge in [-0.05, 0) is 25.8 Å². The van der Waals surface area contributed by atoms with E-state index in [0.29, 0.717) is 12.1 Å².